The second-order valence-corrected chi connectivity index (χ2v) is 3.90. The van der Waals surface area contributed by atoms with E-state index in [4.69, 9.17) is 6.42 Å². The number of hydrogen-bond donors (Lipinski definition) is 0. The average Bonchev–Trinajstić information content (AvgIpc) is 2.49. The zero-order chi connectivity index (χ0) is 13.4. The molecule has 1 atom stereocenters. The quantitative estimate of drug-likeness (QED) is 0.654. The van der Waals surface area contributed by atoms with Gasteiger partial charge in [0.15, 0.2) is 0 Å². The van der Waals surface area contributed by atoms with E-state index >= 15 is 0 Å². The first kappa shape index (κ1) is 14.1. The van der Waals surface area contributed by atoms with Gasteiger partial charge in [0, 0.05) is 11.5 Å². The number of hydrogen-bond acceptors (Lipinski definition) is 0. The van der Waals surface area contributed by atoms with Gasteiger partial charge in [-0.15, -0.1) is 6.42 Å². The van der Waals surface area contributed by atoms with Gasteiger partial charge in [-0.2, -0.15) is 0 Å². The van der Waals surface area contributed by atoms with Crippen molar-refractivity contribution in [3.8, 4) is 12.3 Å². The second-order valence-electron chi connectivity index (χ2n) is 3.90. The van der Waals surface area contributed by atoms with Crippen LogP contribution in [0.15, 0.2) is 54.6 Å². The molecule has 0 radical (unpaired) electrons. The van der Waals surface area contributed by atoms with Gasteiger partial charge in [-0.3, -0.25) is 0 Å². The Bertz CT molecular complexity index is 503. The minimum Gasteiger partial charge on any atom is -0.115 e. The van der Waals surface area contributed by atoms with Gasteiger partial charge in [-0.1, -0.05) is 69.2 Å². The van der Waals surface area contributed by atoms with Crippen molar-refractivity contribution in [1.29, 1.82) is 0 Å². The van der Waals surface area contributed by atoms with Crippen LogP contribution in [0.3, 0.4) is 0 Å². The van der Waals surface area contributed by atoms with E-state index in [2.05, 4.69) is 49.2 Å². The molecule has 0 saturated carbocycles. The minimum atomic E-state index is 0.384. The summed E-state index contributed by atoms with van der Waals surface area (Å²) in [5, 5.41) is 0. The first-order valence-electron chi connectivity index (χ1n) is 6.43. The predicted octanol–water partition coefficient (Wildman–Crippen LogP) is 4.85. The molecule has 0 aliphatic rings. The molecule has 0 spiro atoms. The highest BCUT2D eigenvalue weighted by atomic mass is 14.1. The van der Waals surface area contributed by atoms with Crippen molar-refractivity contribution >= 4 is 0 Å². The summed E-state index contributed by atoms with van der Waals surface area (Å²) in [5.41, 5.74) is 3.53. The molecule has 0 saturated heterocycles. The summed E-state index contributed by atoms with van der Waals surface area (Å²) in [6.45, 7) is 6.20. The molecule has 0 N–H and O–H groups in total. The third-order valence-electron chi connectivity index (χ3n) is 2.85. The molecule has 0 amide bonds. The van der Waals surface area contributed by atoms with Crippen LogP contribution < -0.4 is 0 Å². The summed E-state index contributed by atoms with van der Waals surface area (Å²) in [6, 6.07) is 18.6. The Morgan fingerprint density at radius 3 is 2.11 bits per heavy atom. The Morgan fingerprint density at radius 2 is 1.50 bits per heavy atom. The molecule has 0 fully saturated rings. The van der Waals surface area contributed by atoms with Crippen LogP contribution in [0.5, 0.6) is 0 Å². The minimum absolute atomic E-state index is 0.384. The van der Waals surface area contributed by atoms with Crippen LogP contribution in [0.1, 0.15) is 43.4 Å². The van der Waals surface area contributed by atoms with Crippen LogP contribution in [-0.4, -0.2) is 0 Å². The molecule has 0 nitrogen and oxygen atoms in total. The Balaban J connectivity index is 0.000000771. The lowest BCUT2D eigenvalue weighted by Crippen LogP contribution is -1.95. The summed E-state index contributed by atoms with van der Waals surface area (Å²) in [6.07, 6.45) is 5.41. The zero-order valence-corrected chi connectivity index (χ0v) is 11.4. The predicted molar refractivity (Wildman–Crippen MR) is 79.7 cm³/mol. The topological polar surface area (TPSA) is 0 Å². The standard InChI is InChI=1S/C16H14.C2H6/c1-3-14-8-7-11-16(12-14)13(2)15-9-5-4-6-10-15;1-2/h1,4-13H,2H3;1-2H3. The van der Waals surface area contributed by atoms with Gasteiger partial charge < -0.3 is 0 Å². The molecular weight excluding hydrogens is 216 g/mol. The molecule has 0 heteroatoms. The molecule has 2 aromatic rings. The van der Waals surface area contributed by atoms with Crippen LogP contribution >= 0.6 is 0 Å². The Morgan fingerprint density at radius 1 is 0.889 bits per heavy atom. The van der Waals surface area contributed by atoms with Gasteiger partial charge in [0.25, 0.3) is 0 Å². The van der Waals surface area contributed by atoms with Crippen LogP contribution in [0, 0.1) is 12.3 Å². The zero-order valence-electron chi connectivity index (χ0n) is 11.4. The van der Waals surface area contributed by atoms with Crippen LogP contribution in [-0.2, 0) is 0 Å². The lowest BCUT2D eigenvalue weighted by atomic mass is 9.92. The van der Waals surface area contributed by atoms with E-state index in [-0.39, 0.29) is 0 Å². The smallest absolute Gasteiger partial charge is 0.0245 e. The molecule has 0 aromatic heterocycles. The molecular formula is C18H20. The molecule has 1 unspecified atom stereocenters. The molecule has 2 aromatic carbocycles. The molecule has 0 aliphatic heterocycles. The van der Waals surface area contributed by atoms with E-state index in [1.807, 2.05) is 32.0 Å². The van der Waals surface area contributed by atoms with E-state index in [0.717, 1.165) is 5.56 Å². The molecule has 2 rings (SSSR count). The second kappa shape index (κ2) is 7.35. The van der Waals surface area contributed by atoms with Crippen LogP contribution in [0.4, 0.5) is 0 Å². The maximum absolute atomic E-state index is 5.41. The molecule has 0 bridgehead atoms. The summed E-state index contributed by atoms with van der Waals surface area (Å²) in [7, 11) is 0. The fourth-order valence-corrected chi connectivity index (χ4v) is 1.83. The first-order valence-corrected chi connectivity index (χ1v) is 6.43. The fourth-order valence-electron chi connectivity index (χ4n) is 1.83. The maximum atomic E-state index is 5.41. The van der Waals surface area contributed by atoms with Gasteiger partial charge in [0.1, 0.15) is 0 Å². The summed E-state index contributed by atoms with van der Waals surface area (Å²) in [4.78, 5) is 0. The van der Waals surface area contributed by atoms with Crippen molar-refractivity contribution < 1.29 is 0 Å². The lowest BCUT2D eigenvalue weighted by Gasteiger charge is -2.12. The lowest BCUT2D eigenvalue weighted by molar-refractivity contribution is 0.922. The van der Waals surface area contributed by atoms with Gasteiger partial charge in [0.05, 0.1) is 0 Å². The van der Waals surface area contributed by atoms with Gasteiger partial charge in [-0.25, -0.2) is 0 Å². The third-order valence-corrected chi connectivity index (χ3v) is 2.85. The highest BCUT2D eigenvalue weighted by Gasteiger charge is 2.07. The summed E-state index contributed by atoms with van der Waals surface area (Å²) in [5.74, 6) is 3.06. The maximum Gasteiger partial charge on any atom is 0.0245 e. The summed E-state index contributed by atoms with van der Waals surface area (Å²) >= 11 is 0. The molecule has 18 heavy (non-hydrogen) atoms. The van der Waals surface area contributed by atoms with E-state index < -0.39 is 0 Å². The monoisotopic (exact) mass is 236 g/mol. The van der Waals surface area contributed by atoms with Gasteiger partial charge in [-0.05, 0) is 23.3 Å². The van der Waals surface area contributed by atoms with Crippen molar-refractivity contribution in [2.75, 3.05) is 0 Å². The normalized spacial score (nSPS) is 10.8. The molecule has 92 valence electrons. The summed E-state index contributed by atoms with van der Waals surface area (Å²) < 4.78 is 0. The fraction of sp³-hybridized carbons (Fsp3) is 0.222. The van der Waals surface area contributed by atoms with E-state index in [1.165, 1.54) is 11.1 Å². The SMILES string of the molecule is C#Cc1cccc(C(C)c2ccccc2)c1.CC. The van der Waals surface area contributed by atoms with Crippen molar-refractivity contribution in [3.05, 3.63) is 71.3 Å². The number of terminal acetylenes is 1. The molecule has 0 aliphatic carbocycles. The third kappa shape index (κ3) is 3.50. The largest absolute Gasteiger partial charge is 0.115 e. The van der Waals surface area contributed by atoms with Gasteiger partial charge >= 0.3 is 0 Å². The number of benzene rings is 2. The van der Waals surface area contributed by atoms with Crippen LogP contribution in [0.2, 0.25) is 0 Å². The Labute approximate surface area is 111 Å². The van der Waals surface area contributed by atoms with Crippen LogP contribution in [0.25, 0.3) is 0 Å². The van der Waals surface area contributed by atoms with Crippen molar-refractivity contribution in [1.82, 2.24) is 0 Å². The number of rotatable bonds is 2. The first-order chi connectivity index (χ1) is 8.81. The van der Waals surface area contributed by atoms with E-state index in [1.54, 1.807) is 0 Å². The van der Waals surface area contributed by atoms with Gasteiger partial charge in [0.2, 0.25) is 0 Å². The van der Waals surface area contributed by atoms with E-state index in [9.17, 15) is 0 Å². The molecule has 0 heterocycles. The van der Waals surface area contributed by atoms with Crippen molar-refractivity contribution in [2.24, 2.45) is 0 Å². The van der Waals surface area contributed by atoms with Crippen molar-refractivity contribution in [2.45, 2.75) is 26.7 Å². The highest BCUT2D eigenvalue weighted by Crippen LogP contribution is 2.24. The van der Waals surface area contributed by atoms with Crippen molar-refractivity contribution in [3.63, 3.8) is 0 Å². The Kier molecular flexibility index (Phi) is 5.74. The Hall–Kier alpha value is -2.00. The highest BCUT2D eigenvalue weighted by molar-refractivity contribution is 5.39. The van der Waals surface area contributed by atoms with E-state index in [0.29, 0.717) is 5.92 Å². The average molecular weight is 236 g/mol.